The molecule has 2 saturated heterocycles. The summed E-state index contributed by atoms with van der Waals surface area (Å²) in [4.78, 5) is 46.4. The Labute approximate surface area is 213 Å². The minimum Gasteiger partial charge on any atom is -0.463 e. The minimum absolute atomic E-state index is 0.000630. The van der Waals surface area contributed by atoms with Crippen LogP contribution in [0.2, 0.25) is 0 Å². The summed E-state index contributed by atoms with van der Waals surface area (Å²) in [6, 6.07) is 0. The predicted molar refractivity (Wildman–Crippen MR) is 123 cm³/mol. The Bertz CT molecular complexity index is 771. The molecule has 10 atom stereocenters. The fourth-order valence-corrected chi connectivity index (χ4v) is 5.12. The molecule has 0 saturated carbocycles. The smallest absolute Gasteiger partial charge is 0.303 e. The van der Waals surface area contributed by atoms with Crippen LogP contribution in [0.5, 0.6) is 0 Å². The summed E-state index contributed by atoms with van der Waals surface area (Å²) in [6.45, 7) is 10.7. The van der Waals surface area contributed by atoms with Gasteiger partial charge in [0.25, 0.3) is 0 Å². The maximum absolute atomic E-state index is 11.9. The summed E-state index contributed by atoms with van der Waals surface area (Å²) in [5.74, 6) is -2.72. The molecule has 2 aliphatic rings. The maximum Gasteiger partial charge on any atom is 0.303 e. The lowest BCUT2D eigenvalue weighted by Gasteiger charge is -2.48. The number of hydrogen-bond acceptors (Lipinski definition) is 11. The van der Waals surface area contributed by atoms with E-state index in [0.29, 0.717) is 0 Å². The van der Waals surface area contributed by atoms with Gasteiger partial charge in [-0.1, -0.05) is 36.7 Å². The zero-order valence-corrected chi connectivity index (χ0v) is 22.6. The molecule has 0 bridgehead atoms. The molecule has 0 N–H and O–H groups in total. The summed E-state index contributed by atoms with van der Waals surface area (Å²) in [6.07, 6.45) is -4.57. The number of carbonyl (C=O) groups excluding carboxylic acids is 4. The normalized spacial score (nSPS) is 37.1. The number of esters is 4. The third-order valence-corrected chi connectivity index (χ3v) is 7.01. The quantitative estimate of drug-likeness (QED) is 0.243. The van der Waals surface area contributed by atoms with E-state index in [1.54, 1.807) is 0 Å². The van der Waals surface area contributed by atoms with Crippen molar-refractivity contribution in [2.75, 3.05) is 13.2 Å². The van der Waals surface area contributed by atoms with E-state index >= 15 is 0 Å². The summed E-state index contributed by atoms with van der Waals surface area (Å²) >= 11 is 3.38. The van der Waals surface area contributed by atoms with Crippen LogP contribution in [-0.4, -0.2) is 78.9 Å². The summed E-state index contributed by atoms with van der Waals surface area (Å²) in [5.41, 5.74) is 0. The number of ether oxygens (including phenoxy) is 7. The zero-order chi connectivity index (χ0) is 26.4. The fourth-order valence-electron chi connectivity index (χ4n) is 4.25. The highest BCUT2D eigenvalue weighted by Crippen LogP contribution is 2.38. The first-order valence-electron chi connectivity index (χ1n) is 11.5. The fraction of sp³-hybridized carbons (Fsp3) is 0.826. The van der Waals surface area contributed by atoms with Crippen LogP contribution in [0.4, 0.5) is 0 Å². The second-order valence-corrected chi connectivity index (χ2v) is 9.90. The highest BCUT2D eigenvalue weighted by atomic mass is 79.9. The van der Waals surface area contributed by atoms with Gasteiger partial charge in [-0.2, -0.15) is 0 Å². The van der Waals surface area contributed by atoms with Crippen molar-refractivity contribution in [3.8, 4) is 0 Å². The van der Waals surface area contributed by atoms with Gasteiger partial charge in [-0.25, -0.2) is 0 Å². The van der Waals surface area contributed by atoms with E-state index in [1.165, 1.54) is 27.7 Å². The number of halogens is 1. The molecule has 0 amide bonds. The molecule has 2 rings (SSSR count). The van der Waals surface area contributed by atoms with E-state index in [2.05, 4.69) is 15.9 Å². The van der Waals surface area contributed by atoms with E-state index in [1.807, 2.05) is 20.8 Å². The van der Waals surface area contributed by atoms with Crippen molar-refractivity contribution in [2.45, 2.75) is 90.3 Å². The monoisotopic (exact) mass is 566 g/mol. The molecule has 5 unspecified atom stereocenters. The van der Waals surface area contributed by atoms with Crippen LogP contribution in [0.1, 0.15) is 48.5 Å². The number of rotatable bonds is 8. The molecule has 200 valence electrons. The predicted octanol–water partition coefficient (Wildman–Crippen LogP) is 2.11. The molecule has 0 aliphatic carbocycles. The van der Waals surface area contributed by atoms with Crippen LogP contribution < -0.4 is 0 Å². The molecule has 0 aromatic carbocycles. The zero-order valence-electron chi connectivity index (χ0n) is 21.1. The van der Waals surface area contributed by atoms with Gasteiger partial charge in [-0.05, 0) is 5.92 Å². The summed E-state index contributed by atoms with van der Waals surface area (Å²) in [7, 11) is 0. The van der Waals surface area contributed by atoms with Crippen LogP contribution in [-0.2, 0) is 52.3 Å². The number of alkyl halides is 1. The van der Waals surface area contributed by atoms with Crippen molar-refractivity contribution in [2.24, 2.45) is 17.8 Å². The molecule has 0 radical (unpaired) electrons. The first kappa shape index (κ1) is 29.5. The van der Waals surface area contributed by atoms with Gasteiger partial charge in [0.05, 0.1) is 12.2 Å². The molecule has 11 nitrogen and oxygen atoms in total. The Balaban J connectivity index is 2.34. The maximum atomic E-state index is 11.9. The highest BCUT2D eigenvalue weighted by molar-refractivity contribution is 9.09. The first-order valence-corrected chi connectivity index (χ1v) is 12.4. The number of hydrogen-bond donors (Lipinski definition) is 0. The molecule has 35 heavy (non-hydrogen) atoms. The van der Waals surface area contributed by atoms with Gasteiger partial charge in [-0.3, -0.25) is 19.2 Å². The molecule has 12 heteroatoms. The second kappa shape index (κ2) is 13.0. The van der Waals surface area contributed by atoms with Gasteiger partial charge in [0.15, 0.2) is 12.4 Å². The largest absolute Gasteiger partial charge is 0.463 e. The molecule has 0 aromatic rings. The van der Waals surface area contributed by atoms with Crippen molar-refractivity contribution in [3.05, 3.63) is 0 Å². The molecular weight excluding hydrogens is 532 g/mol. The summed E-state index contributed by atoms with van der Waals surface area (Å²) < 4.78 is 39.8. The second-order valence-electron chi connectivity index (χ2n) is 9.00. The lowest BCUT2D eigenvalue weighted by atomic mass is 9.83. The van der Waals surface area contributed by atoms with Crippen molar-refractivity contribution in [3.63, 3.8) is 0 Å². The van der Waals surface area contributed by atoms with E-state index in [-0.39, 0.29) is 25.0 Å². The minimum atomic E-state index is -1.05. The highest BCUT2D eigenvalue weighted by Gasteiger charge is 2.51. The third-order valence-electron chi connectivity index (χ3n) is 6.27. The van der Waals surface area contributed by atoms with E-state index in [0.717, 1.165) is 0 Å². The van der Waals surface area contributed by atoms with Crippen molar-refractivity contribution < 1.29 is 52.3 Å². The molecule has 0 spiro atoms. The average Bonchev–Trinajstić information content (AvgIpc) is 2.75. The van der Waals surface area contributed by atoms with Crippen LogP contribution in [0.25, 0.3) is 0 Å². The topological polar surface area (TPSA) is 133 Å². The average molecular weight is 567 g/mol. The van der Waals surface area contributed by atoms with E-state index in [4.69, 9.17) is 33.2 Å². The molecule has 0 aromatic heterocycles. The van der Waals surface area contributed by atoms with Crippen molar-refractivity contribution in [1.29, 1.82) is 0 Å². The Morgan fingerprint density at radius 3 is 1.69 bits per heavy atom. The van der Waals surface area contributed by atoms with Gasteiger partial charge in [0.2, 0.25) is 0 Å². The standard InChI is InChI=1S/C23H35BrO11/c1-10-11(2)21(32-16(7)28)23(34-17(10)8-29-13(4)25)35-19-12(3)20(31-15(6)27)22(24)33-18(19)9-30-14(5)26/h10-12,17-23H,8-9H2,1-7H3/t10-,11+,12+,17?,18?,19+,20?,21?,22?,23+/m1/s1. The van der Waals surface area contributed by atoms with Crippen LogP contribution in [0, 0.1) is 17.8 Å². The van der Waals surface area contributed by atoms with E-state index < -0.39 is 71.6 Å². The van der Waals surface area contributed by atoms with E-state index in [9.17, 15) is 19.2 Å². The Hall–Kier alpha value is -1.76. The van der Waals surface area contributed by atoms with Crippen molar-refractivity contribution in [1.82, 2.24) is 0 Å². The van der Waals surface area contributed by atoms with Gasteiger partial charge in [0.1, 0.15) is 30.4 Å². The third kappa shape index (κ3) is 8.12. The van der Waals surface area contributed by atoms with Gasteiger partial charge in [0, 0.05) is 39.5 Å². The van der Waals surface area contributed by atoms with Crippen LogP contribution in [0.3, 0.4) is 0 Å². The molecular formula is C23H35BrO11. The van der Waals surface area contributed by atoms with Crippen LogP contribution in [0.15, 0.2) is 0 Å². The lowest BCUT2D eigenvalue weighted by Crippen LogP contribution is -2.60. The lowest BCUT2D eigenvalue weighted by molar-refractivity contribution is -0.319. The first-order chi connectivity index (χ1) is 16.3. The molecule has 2 heterocycles. The Morgan fingerprint density at radius 2 is 1.17 bits per heavy atom. The Morgan fingerprint density at radius 1 is 0.657 bits per heavy atom. The molecule has 2 fully saturated rings. The summed E-state index contributed by atoms with van der Waals surface area (Å²) in [5, 5.41) is -0.672. The Kier molecular flexibility index (Phi) is 10.9. The van der Waals surface area contributed by atoms with Gasteiger partial charge >= 0.3 is 23.9 Å². The van der Waals surface area contributed by atoms with Crippen molar-refractivity contribution >= 4 is 39.8 Å². The van der Waals surface area contributed by atoms with Gasteiger partial charge < -0.3 is 33.2 Å². The van der Waals surface area contributed by atoms with Crippen LogP contribution >= 0.6 is 15.9 Å². The number of carbonyl (C=O) groups is 4. The van der Waals surface area contributed by atoms with Gasteiger partial charge in [-0.15, -0.1) is 0 Å². The molecule has 2 aliphatic heterocycles. The SMILES string of the molecule is CC(=O)OCC1OC(Br)C(OC(C)=O)[C@@H](C)[C@@H]1O[C@@H]1OC(COC(C)=O)[C@H](C)[C@H](C)C1OC(C)=O.